The zero-order chi connectivity index (χ0) is 8.43. The van der Waals surface area contributed by atoms with E-state index in [0.29, 0.717) is 5.75 Å². The molecule has 0 unspecified atom stereocenters. The molecule has 0 saturated heterocycles. The van der Waals surface area contributed by atoms with E-state index in [2.05, 4.69) is 31.9 Å². The Morgan fingerprint density at radius 2 is 2.09 bits per heavy atom. The summed E-state index contributed by atoms with van der Waals surface area (Å²) in [6.45, 7) is 1.95. The summed E-state index contributed by atoms with van der Waals surface area (Å²) in [5, 5.41) is 9.96. The van der Waals surface area contributed by atoms with Gasteiger partial charge in [-0.05, 0) is 30.2 Å². The highest BCUT2D eigenvalue weighted by Gasteiger charge is 2.02. The molecule has 11 heavy (non-hydrogen) atoms. The van der Waals surface area contributed by atoms with Gasteiger partial charge in [0.15, 0.2) is 0 Å². The smallest absolute Gasteiger partial charge is 0.116 e. The molecule has 0 aliphatic carbocycles. The van der Waals surface area contributed by atoms with Crippen molar-refractivity contribution in [1.29, 1.82) is 0 Å². The van der Waals surface area contributed by atoms with Gasteiger partial charge in [0.1, 0.15) is 5.75 Å². The molecule has 1 rings (SSSR count). The largest absolute Gasteiger partial charge is 0.508 e. The maximum atomic E-state index is 9.21. The SMILES string of the molecule is Cc1cc(O)cc(CBr)c1Br. The first-order valence-corrected chi connectivity index (χ1v) is 5.10. The molecule has 1 aromatic rings. The first-order chi connectivity index (χ1) is 5.15. The van der Waals surface area contributed by atoms with Gasteiger partial charge in [0.25, 0.3) is 0 Å². The predicted octanol–water partition coefficient (Wildman–Crippen LogP) is 3.36. The van der Waals surface area contributed by atoms with Gasteiger partial charge in [-0.25, -0.2) is 0 Å². The molecular weight excluding hydrogens is 272 g/mol. The van der Waals surface area contributed by atoms with E-state index < -0.39 is 0 Å². The van der Waals surface area contributed by atoms with Crippen LogP contribution >= 0.6 is 31.9 Å². The Morgan fingerprint density at radius 3 is 2.64 bits per heavy atom. The summed E-state index contributed by atoms with van der Waals surface area (Å²) in [6.07, 6.45) is 0. The minimum Gasteiger partial charge on any atom is -0.508 e. The number of alkyl halides is 1. The topological polar surface area (TPSA) is 20.2 Å². The van der Waals surface area contributed by atoms with Gasteiger partial charge in [-0.3, -0.25) is 0 Å². The molecule has 0 aromatic heterocycles. The highest BCUT2D eigenvalue weighted by Crippen LogP contribution is 2.27. The molecule has 0 atom stereocenters. The maximum absolute atomic E-state index is 9.21. The second-order valence-corrected chi connectivity index (χ2v) is 3.72. The molecule has 1 N–H and O–H groups in total. The molecule has 1 aromatic carbocycles. The number of halogens is 2. The quantitative estimate of drug-likeness (QED) is 0.782. The van der Waals surface area contributed by atoms with E-state index in [1.807, 2.05) is 6.92 Å². The Bertz CT molecular complexity index is 271. The molecule has 0 aliphatic rings. The van der Waals surface area contributed by atoms with Crippen molar-refractivity contribution in [2.45, 2.75) is 12.3 Å². The summed E-state index contributed by atoms with van der Waals surface area (Å²) in [7, 11) is 0. The lowest BCUT2D eigenvalue weighted by Gasteiger charge is -2.04. The van der Waals surface area contributed by atoms with Crippen LogP contribution in [0.2, 0.25) is 0 Å². The molecule has 0 radical (unpaired) electrons. The van der Waals surface area contributed by atoms with Crippen molar-refractivity contribution in [3.05, 3.63) is 27.7 Å². The maximum Gasteiger partial charge on any atom is 0.116 e. The Balaban J connectivity index is 3.24. The second-order valence-electron chi connectivity index (χ2n) is 2.37. The lowest BCUT2D eigenvalue weighted by molar-refractivity contribution is 0.474. The van der Waals surface area contributed by atoms with E-state index in [1.54, 1.807) is 12.1 Å². The normalized spacial score (nSPS) is 10.1. The average molecular weight is 280 g/mol. The van der Waals surface area contributed by atoms with Crippen molar-refractivity contribution in [2.24, 2.45) is 0 Å². The third-order valence-corrected chi connectivity index (χ3v) is 3.20. The lowest BCUT2D eigenvalue weighted by atomic mass is 10.1. The fourth-order valence-corrected chi connectivity index (χ4v) is 2.11. The van der Waals surface area contributed by atoms with Crippen LogP contribution in [0.4, 0.5) is 0 Å². The first-order valence-electron chi connectivity index (χ1n) is 3.19. The van der Waals surface area contributed by atoms with Gasteiger partial charge >= 0.3 is 0 Å². The average Bonchev–Trinajstić information content (AvgIpc) is 1.96. The van der Waals surface area contributed by atoms with E-state index in [-0.39, 0.29) is 0 Å². The fraction of sp³-hybridized carbons (Fsp3) is 0.250. The minimum absolute atomic E-state index is 0.320. The van der Waals surface area contributed by atoms with Gasteiger partial charge in [-0.2, -0.15) is 0 Å². The van der Waals surface area contributed by atoms with Gasteiger partial charge in [0.05, 0.1) is 0 Å². The van der Waals surface area contributed by atoms with Crippen LogP contribution in [0.1, 0.15) is 11.1 Å². The molecule has 60 valence electrons. The van der Waals surface area contributed by atoms with Crippen molar-refractivity contribution in [3.8, 4) is 5.75 Å². The van der Waals surface area contributed by atoms with Crippen molar-refractivity contribution in [3.63, 3.8) is 0 Å². The van der Waals surface area contributed by atoms with Crippen LogP contribution < -0.4 is 0 Å². The molecule has 1 nitrogen and oxygen atoms in total. The number of phenolic OH excluding ortho intramolecular Hbond substituents is 1. The van der Waals surface area contributed by atoms with Crippen LogP contribution in [-0.4, -0.2) is 5.11 Å². The third-order valence-electron chi connectivity index (χ3n) is 1.46. The Morgan fingerprint density at radius 1 is 1.45 bits per heavy atom. The highest BCUT2D eigenvalue weighted by atomic mass is 79.9. The van der Waals surface area contributed by atoms with Gasteiger partial charge in [0, 0.05) is 9.80 Å². The van der Waals surface area contributed by atoms with E-state index in [1.165, 1.54) is 0 Å². The minimum atomic E-state index is 0.320. The van der Waals surface area contributed by atoms with Crippen LogP contribution in [0.5, 0.6) is 5.75 Å². The summed E-state index contributed by atoms with van der Waals surface area (Å²) in [5.41, 5.74) is 2.13. The van der Waals surface area contributed by atoms with Crippen molar-refractivity contribution in [1.82, 2.24) is 0 Å². The van der Waals surface area contributed by atoms with Gasteiger partial charge in [0.2, 0.25) is 0 Å². The van der Waals surface area contributed by atoms with Crippen LogP contribution in [0.15, 0.2) is 16.6 Å². The summed E-state index contributed by atoms with van der Waals surface area (Å²) < 4.78 is 1.06. The molecule has 0 amide bonds. The molecule has 0 bridgehead atoms. The second kappa shape index (κ2) is 3.59. The van der Waals surface area contributed by atoms with Gasteiger partial charge in [-0.15, -0.1) is 0 Å². The van der Waals surface area contributed by atoms with Crippen molar-refractivity contribution >= 4 is 31.9 Å². The first kappa shape index (κ1) is 9.07. The standard InChI is InChI=1S/C8H8Br2O/c1-5-2-7(11)3-6(4-9)8(5)10/h2-3,11H,4H2,1H3. The van der Waals surface area contributed by atoms with E-state index in [4.69, 9.17) is 0 Å². The van der Waals surface area contributed by atoms with Crippen molar-refractivity contribution < 1.29 is 5.11 Å². The predicted molar refractivity (Wildman–Crippen MR) is 53.2 cm³/mol. The number of hydrogen-bond acceptors (Lipinski definition) is 1. The summed E-state index contributed by atoms with van der Waals surface area (Å²) in [6, 6.07) is 3.47. The monoisotopic (exact) mass is 278 g/mol. The molecule has 0 aliphatic heterocycles. The fourth-order valence-electron chi connectivity index (χ4n) is 0.919. The summed E-state index contributed by atoms with van der Waals surface area (Å²) >= 11 is 6.77. The Hall–Kier alpha value is -0.0200. The van der Waals surface area contributed by atoms with Crippen LogP contribution in [0.25, 0.3) is 0 Å². The Kier molecular flexibility index (Phi) is 2.96. The zero-order valence-electron chi connectivity index (χ0n) is 6.06. The molecule has 0 heterocycles. The van der Waals surface area contributed by atoms with E-state index in [0.717, 1.165) is 20.9 Å². The number of hydrogen-bond donors (Lipinski definition) is 1. The molecular formula is C8H8Br2O. The van der Waals surface area contributed by atoms with Crippen molar-refractivity contribution in [2.75, 3.05) is 0 Å². The van der Waals surface area contributed by atoms with E-state index >= 15 is 0 Å². The van der Waals surface area contributed by atoms with Crippen LogP contribution in [0, 0.1) is 6.92 Å². The lowest BCUT2D eigenvalue weighted by Crippen LogP contribution is -1.83. The number of benzene rings is 1. The molecule has 3 heteroatoms. The zero-order valence-corrected chi connectivity index (χ0v) is 9.24. The van der Waals surface area contributed by atoms with E-state index in [9.17, 15) is 5.11 Å². The van der Waals surface area contributed by atoms with Gasteiger partial charge in [-0.1, -0.05) is 31.9 Å². The number of aryl methyl sites for hydroxylation is 1. The Labute approximate surface area is 82.7 Å². The molecule has 0 spiro atoms. The molecule has 0 saturated carbocycles. The van der Waals surface area contributed by atoms with Gasteiger partial charge < -0.3 is 5.11 Å². The van der Waals surface area contributed by atoms with Crippen LogP contribution in [-0.2, 0) is 5.33 Å². The number of aromatic hydroxyl groups is 1. The highest BCUT2D eigenvalue weighted by molar-refractivity contribution is 9.10. The summed E-state index contributed by atoms with van der Waals surface area (Å²) in [5.74, 6) is 0.320. The number of rotatable bonds is 1. The number of phenols is 1. The molecule has 0 fully saturated rings. The third kappa shape index (κ3) is 1.97. The summed E-state index contributed by atoms with van der Waals surface area (Å²) in [4.78, 5) is 0. The van der Waals surface area contributed by atoms with Crippen LogP contribution in [0.3, 0.4) is 0 Å².